The Morgan fingerprint density at radius 1 is 0.952 bits per heavy atom. The number of benzene rings is 1. The topological polar surface area (TPSA) is 57.0 Å². The molecule has 2 N–H and O–H groups in total. The van der Waals surface area contributed by atoms with Gasteiger partial charge < -0.3 is 19.9 Å². The third kappa shape index (κ3) is 2.56. The average Bonchev–Trinajstić information content (AvgIpc) is 3.28. The number of hydrogen-bond donors (Lipinski definition) is 1. The first-order chi connectivity index (χ1) is 10.2. The van der Waals surface area contributed by atoms with Crippen LogP contribution in [0, 0.1) is 0 Å². The molecule has 116 valence electrons. The second-order valence-electron chi connectivity index (χ2n) is 5.82. The SMILES string of the molecule is COc1cc(OC)c(C2C(N)CCN2C2CC2)cc1OC. The van der Waals surface area contributed by atoms with Gasteiger partial charge in [-0.25, -0.2) is 0 Å². The van der Waals surface area contributed by atoms with Gasteiger partial charge in [0, 0.05) is 30.3 Å². The normalized spacial score (nSPS) is 25.9. The van der Waals surface area contributed by atoms with E-state index in [0.29, 0.717) is 11.8 Å². The van der Waals surface area contributed by atoms with Crippen LogP contribution in [0.5, 0.6) is 17.2 Å². The van der Waals surface area contributed by atoms with E-state index in [2.05, 4.69) is 4.90 Å². The molecule has 1 heterocycles. The van der Waals surface area contributed by atoms with E-state index in [1.54, 1.807) is 21.3 Å². The molecule has 5 nitrogen and oxygen atoms in total. The number of rotatable bonds is 5. The standard InChI is InChI=1S/C16H24N2O3/c1-19-13-9-15(21-3)14(20-2)8-11(13)16-12(17)6-7-18(16)10-4-5-10/h8-10,12,16H,4-7,17H2,1-3H3. The summed E-state index contributed by atoms with van der Waals surface area (Å²) < 4.78 is 16.4. The molecule has 2 unspecified atom stereocenters. The Hall–Kier alpha value is -1.46. The summed E-state index contributed by atoms with van der Waals surface area (Å²) in [6, 6.07) is 4.93. The quantitative estimate of drug-likeness (QED) is 0.899. The molecule has 0 amide bonds. The average molecular weight is 292 g/mol. The number of hydrogen-bond acceptors (Lipinski definition) is 5. The van der Waals surface area contributed by atoms with E-state index in [1.807, 2.05) is 12.1 Å². The highest BCUT2D eigenvalue weighted by Crippen LogP contribution is 2.46. The third-order valence-corrected chi connectivity index (χ3v) is 4.55. The van der Waals surface area contributed by atoms with Crippen LogP contribution >= 0.6 is 0 Å². The summed E-state index contributed by atoms with van der Waals surface area (Å²) in [7, 11) is 4.98. The second-order valence-corrected chi connectivity index (χ2v) is 5.82. The Kier molecular flexibility index (Phi) is 3.95. The Bertz CT molecular complexity index is 516. The molecule has 0 spiro atoms. The zero-order chi connectivity index (χ0) is 15.0. The van der Waals surface area contributed by atoms with Gasteiger partial charge in [-0.1, -0.05) is 0 Å². The lowest BCUT2D eigenvalue weighted by Crippen LogP contribution is -2.33. The maximum absolute atomic E-state index is 6.38. The highest BCUT2D eigenvalue weighted by Gasteiger charge is 2.42. The number of likely N-dealkylation sites (tertiary alicyclic amines) is 1. The van der Waals surface area contributed by atoms with Gasteiger partial charge in [0.15, 0.2) is 11.5 Å². The molecular formula is C16H24N2O3. The number of nitrogens with two attached hydrogens (primary N) is 1. The van der Waals surface area contributed by atoms with Crippen LogP contribution in [0.1, 0.15) is 30.9 Å². The van der Waals surface area contributed by atoms with Gasteiger partial charge in [-0.3, -0.25) is 4.90 Å². The minimum absolute atomic E-state index is 0.137. The van der Waals surface area contributed by atoms with Crippen LogP contribution in [0.3, 0.4) is 0 Å². The molecule has 1 aliphatic heterocycles. The lowest BCUT2D eigenvalue weighted by atomic mass is 9.98. The summed E-state index contributed by atoms with van der Waals surface area (Å²) in [5.74, 6) is 2.23. The molecule has 5 heteroatoms. The molecule has 0 bridgehead atoms. The summed E-state index contributed by atoms with van der Waals surface area (Å²) in [6.07, 6.45) is 3.58. The Morgan fingerprint density at radius 2 is 1.57 bits per heavy atom. The zero-order valence-corrected chi connectivity index (χ0v) is 13.0. The van der Waals surface area contributed by atoms with Crippen LogP contribution < -0.4 is 19.9 Å². The predicted molar refractivity (Wildman–Crippen MR) is 81.2 cm³/mol. The summed E-state index contributed by atoms with van der Waals surface area (Å²) >= 11 is 0. The van der Waals surface area contributed by atoms with Gasteiger partial charge in [0.05, 0.1) is 27.4 Å². The maximum atomic E-state index is 6.38. The molecule has 0 aromatic heterocycles. The minimum Gasteiger partial charge on any atom is -0.496 e. The van der Waals surface area contributed by atoms with Crippen molar-refractivity contribution in [3.8, 4) is 17.2 Å². The van der Waals surface area contributed by atoms with Crippen molar-refractivity contribution in [2.75, 3.05) is 27.9 Å². The van der Waals surface area contributed by atoms with Crippen molar-refractivity contribution < 1.29 is 14.2 Å². The molecule has 1 saturated carbocycles. The maximum Gasteiger partial charge on any atom is 0.164 e. The summed E-state index contributed by atoms with van der Waals surface area (Å²) in [5, 5.41) is 0. The van der Waals surface area contributed by atoms with Crippen molar-refractivity contribution in [2.45, 2.75) is 37.4 Å². The largest absolute Gasteiger partial charge is 0.496 e. The van der Waals surface area contributed by atoms with Crippen LogP contribution in [-0.4, -0.2) is 44.9 Å². The van der Waals surface area contributed by atoms with Gasteiger partial charge in [0.2, 0.25) is 0 Å². The predicted octanol–water partition coefficient (Wildman–Crippen LogP) is 1.95. The molecule has 1 aromatic carbocycles. The van der Waals surface area contributed by atoms with E-state index in [9.17, 15) is 0 Å². The fourth-order valence-corrected chi connectivity index (χ4v) is 3.35. The fraction of sp³-hybridized carbons (Fsp3) is 0.625. The van der Waals surface area contributed by atoms with Gasteiger partial charge in [0.25, 0.3) is 0 Å². The number of ether oxygens (including phenoxy) is 3. The fourth-order valence-electron chi connectivity index (χ4n) is 3.35. The highest BCUT2D eigenvalue weighted by molar-refractivity contribution is 5.52. The van der Waals surface area contributed by atoms with E-state index in [0.717, 1.165) is 30.0 Å². The first kappa shape index (κ1) is 14.5. The van der Waals surface area contributed by atoms with Crippen molar-refractivity contribution in [3.63, 3.8) is 0 Å². The minimum atomic E-state index is 0.137. The Labute approximate surface area is 126 Å². The molecular weight excluding hydrogens is 268 g/mol. The lowest BCUT2D eigenvalue weighted by molar-refractivity contribution is 0.231. The monoisotopic (exact) mass is 292 g/mol. The third-order valence-electron chi connectivity index (χ3n) is 4.55. The van der Waals surface area contributed by atoms with E-state index in [1.165, 1.54) is 12.8 Å². The van der Waals surface area contributed by atoms with Crippen molar-refractivity contribution in [2.24, 2.45) is 5.73 Å². The second kappa shape index (κ2) is 5.73. The summed E-state index contributed by atoms with van der Waals surface area (Å²) in [5.41, 5.74) is 7.49. The van der Waals surface area contributed by atoms with E-state index in [4.69, 9.17) is 19.9 Å². The lowest BCUT2D eigenvalue weighted by Gasteiger charge is -2.29. The molecule has 2 aliphatic rings. The van der Waals surface area contributed by atoms with Crippen molar-refractivity contribution in [3.05, 3.63) is 17.7 Å². The van der Waals surface area contributed by atoms with Crippen LogP contribution in [-0.2, 0) is 0 Å². The van der Waals surface area contributed by atoms with E-state index >= 15 is 0 Å². The molecule has 1 saturated heterocycles. The van der Waals surface area contributed by atoms with Crippen LogP contribution in [0.4, 0.5) is 0 Å². The van der Waals surface area contributed by atoms with Crippen LogP contribution in [0.2, 0.25) is 0 Å². The molecule has 0 radical (unpaired) electrons. The molecule has 1 aliphatic carbocycles. The van der Waals surface area contributed by atoms with Crippen molar-refractivity contribution in [1.82, 2.24) is 4.90 Å². The smallest absolute Gasteiger partial charge is 0.164 e. The Morgan fingerprint density at radius 3 is 2.14 bits per heavy atom. The molecule has 2 atom stereocenters. The van der Waals surface area contributed by atoms with Crippen molar-refractivity contribution in [1.29, 1.82) is 0 Å². The summed E-state index contributed by atoms with van der Waals surface area (Å²) in [6.45, 7) is 1.06. The first-order valence-electron chi connectivity index (χ1n) is 7.50. The van der Waals surface area contributed by atoms with E-state index < -0.39 is 0 Å². The van der Waals surface area contributed by atoms with Gasteiger partial charge in [-0.2, -0.15) is 0 Å². The molecule has 2 fully saturated rings. The Balaban J connectivity index is 2.02. The number of nitrogens with zero attached hydrogens (tertiary/aromatic N) is 1. The van der Waals surface area contributed by atoms with Crippen LogP contribution in [0.25, 0.3) is 0 Å². The molecule has 3 rings (SSSR count). The van der Waals surface area contributed by atoms with Crippen LogP contribution in [0.15, 0.2) is 12.1 Å². The van der Waals surface area contributed by atoms with E-state index in [-0.39, 0.29) is 12.1 Å². The zero-order valence-electron chi connectivity index (χ0n) is 13.0. The molecule has 1 aromatic rings. The molecule has 21 heavy (non-hydrogen) atoms. The summed E-state index contributed by atoms with van der Waals surface area (Å²) in [4.78, 5) is 2.52. The van der Waals surface area contributed by atoms with Gasteiger partial charge in [0.1, 0.15) is 5.75 Å². The highest BCUT2D eigenvalue weighted by atomic mass is 16.5. The first-order valence-corrected chi connectivity index (χ1v) is 7.50. The van der Waals surface area contributed by atoms with Crippen molar-refractivity contribution >= 4 is 0 Å². The van der Waals surface area contributed by atoms with Gasteiger partial charge in [-0.05, 0) is 25.3 Å². The number of methoxy groups -OCH3 is 3. The van der Waals surface area contributed by atoms with Gasteiger partial charge >= 0.3 is 0 Å². The van der Waals surface area contributed by atoms with Gasteiger partial charge in [-0.15, -0.1) is 0 Å².